The summed E-state index contributed by atoms with van der Waals surface area (Å²) in [6, 6.07) is 16.6. The first-order chi connectivity index (χ1) is 10.2. The fourth-order valence-electron chi connectivity index (χ4n) is 2.85. The maximum atomic E-state index is 12.4. The van der Waals surface area contributed by atoms with Crippen LogP contribution in [0, 0.1) is 0 Å². The zero-order chi connectivity index (χ0) is 14.4. The summed E-state index contributed by atoms with van der Waals surface area (Å²) in [5, 5.41) is 0. The van der Waals surface area contributed by atoms with E-state index in [1.807, 2.05) is 36.4 Å². The molecule has 0 radical (unpaired) electrons. The number of hydrogen-bond acceptors (Lipinski definition) is 3. The van der Waals surface area contributed by atoms with E-state index in [-0.39, 0.29) is 11.6 Å². The molecule has 1 spiro atoms. The Hall–Kier alpha value is -2.52. The summed E-state index contributed by atoms with van der Waals surface area (Å²) in [4.78, 5) is 24.9. The van der Waals surface area contributed by atoms with Crippen molar-refractivity contribution in [2.45, 2.75) is 11.7 Å². The Morgan fingerprint density at radius 1 is 0.857 bits per heavy atom. The van der Waals surface area contributed by atoms with Gasteiger partial charge in [0.25, 0.3) is 0 Å². The van der Waals surface area contributed by atoms with E-state index in [9.17, 15) is 9.59 Å². The second-order valence-electron chi connectivity index (χ2n) is 5.25. The van der Waals surface area contributed by atoms with E-state index in [0.29, 0.717) is 11.1 Å². The van der Waals surface area contributed by atoms with Crippen LogP contribution in [0.3, 0.4) is 0 Å². The average Bonchev–Trinajstić information content (AvgIpc) is 3.23. The van der Waals surface area contributed by atoms with Crippen LogP contribution in [0.2, 0.25) is 0 Å². The predicted molar refractivity (Wildman–Crippen MR) is 78.2 cm³/mol. The van der Waals surface area contributed by atoms with E-state index in [0.717, 1.165) is 5.56 Å². The maximum absolute atomic E-state index is 12.4. The molecule has 1 atom stereocenters. The van der Waals surface area contributed by atoms with Gasteiger partial charge in [-0.05, 0) is 5.56 Å². The van der Waals surface area contributed by atoms with Crippen LogP contribution in [-0.2, 0) is 4.74 Å². The second-order valence-corrected chi connectivity index (χ2v) is 5.25. The van der Waals surface area contributed by atoms with Crippen molar-refractivity contribution in [2.24, 2.45) is 0 Å². The Balaban J connectivity index is 1.63. The molecule has 1 heterocycles. The first-order valence-corrected chi connectivity index (χ1v) is 6.83. The first-order valence-electron chi connectivity index (χ1n) is 6.83. The number of rotatable bonds is 2. The lowest BCUT2D eigenvalue weighted by molar-refractivity contribution is 0.0785. The minimum atomic E-state index is -1.30. The highest BCUT2D eigenvalue weighted by Crippen LogP contribution is 2.48. The van der Waals surface area contributed by atoms with Crippen molar-refractivity contribution in [3.8, 4) is 0 Å². The third kappa shape index (κ3) is 1.64. The van der Waals surface area contributed by atoms with Crippen molar-refractivity contribution in [3.05, 3.63) is 77.4 Å². The Kier molecular flexibility index (Phi) is 2.47. The molecule has 2 aliphatic rings. The largest absolute Gasteiger partial charge is 0.345 e. The van der Waals surface area contributed by atoms with Gasteiger partial charge in [0, 0.05) is 11.1 Å². The summed E-state index contributed by atoms with van der Waals surface area (Å²) in [5.74, 6) is -0.434. The monoisotopic (exact) mass is 276 g/mol. The first kappa shape index (κ1) is 12.2. The third-order valence-electron chi connectivity index (χ3n) is 4.01. The maximum Gasteiger partial charge on any atom is 0.224 e. The molecule has 3 nitrogen and oxygen atoms in total. The number of carbonyl (C=O) groups is 2. The number of carbonyl (C=O) groups excluding carboxylic acids is 2. The SMILES string of the molecule is O=C1c2ccccc2C(=O)C12OC2C=Cc1ccccc1. The van der Waals surface area contributed by atoms with E-state index in [1.54, 1.807) is 30.3 Å². The van der Waals surface area contributed by atoms with Crippen molar-refractivity contribution >= 4 is 17.6 Å². The van der Waals surface area contributed by atoms with Gasteiger partial charge in [0.05, 0.1) is 0 Å². The fraction of sp³-hybridized carbons (Fsp3) is 0.111. The zero-order valence-corrected chi connectivity index (χ0v) is 11.2. The van der Waals surface area contributed by atoms with Gasteiger partial charge >= 0.3 is 0 Å². The van der Waals surface area contributed by atoms with Gasteiger partial charge in [0.1, 0.15) is 6.10 Å². The second kappa shape index (κ2) is 4.24. The molecule has 0 saturated carbocycles. The Morgan fingerprint density at radius 3 is 2.05 bits per heavy atom. The number of ketones is 2. The fourth-order valence-corrected chi connectivity index (χ4v) is 2.85. The Labute approximate surface area is 121 Å². The highest BCUT2D eigenvalue weighted by atomic mass is 16.6. The van der Waals surface area contributed by atoms with Gasteiger partial charge in [-0.25, -0.2) is 0 Å². The van der Waals surface area contributed by atoms with Crippen molar-refractivity contribution in [1.82, 2.24) is 0 Å². The molecule has 102 valence electrons. The normalized spacial score (nSPS) is 22.0. The van der Waals surface area contributed by atoms with Crippen LogP contribution in [0.25, 0.3) is 6.08 Å². The molecule has 0 N–H and O–H groups in total. The summed E-state index contributed by atoms with van der Waals surface area (Å²) in [6.45, 7) is 0. The molecule has 0 aromatic heterocycles. The lowest BCUT2D eigenvalue weighted by Crippen LogP contribution is -2.28. The van der Waals surface area contributed by atoms with Crippen molar-refractivity contribution < 1.29 is 14.3 Å². The van der Waals surface area contributed by atoms with Gasteiger partial charge in [-0.3, -0.25) is 9.59 Å². The number of Topliss-reactive ketones (excluding diaryl/α,β-unsaturated/α-hetero) is 2. The topological polar surface area (TPSA) is 46.7 Å². The van der Waals surface area contributed by atoms with Crippen LogP contribution in [0.1, 0.15) is 26.3 Å². The highest BCUT2D eigenvalue weighted by Gasteiger charge is 2.70. The molecule has 0 bridgehead atoms. The molecule has 21 heavy (non-hydrogen) atoms. The van der Waals surface area contributed by atoms with Gasteiger partial charge < -0.3 is 4.74 Å². The lowest BCUT2D eigenvalue weighted by atomic mass is 9.98. The quantitative estimate of drug-likeness (QED) is 0.626. The van der Waals surface area contributed by atoms with E-state index >= 15 is 0 Å². The predicted octanol–water partition coefficient (Wildman–Crippen LogP) is 2.92. The Morgan fingerprint density at radius 2 is 1.43 bits per heavy atom. The van der Waals surface area contributed by atoms with E-state index < -0.39 is 11.7 Å². The van der Waals surface area contributed by atoms with Gasteiger partial charge in [0.2, 0.25) is 17.2 Å². The molecule has 1 unspecified atom stereocenters. The van der Waals surface area contributed by atoms with Crippen molar-refractivity contribution in [1.29, 1.82) is 0 Å². The van der Waals surface area contributed by atoms with Gasteiger partial charge in [-0.15, -0.1) is 0 Å². The van der Waals surface area contributed by atoms with Crippen molar-refractivity contribution in [3.63, 3.8) is 0 Å². The van der Waals surface area contributed by atoms with E-state index in [2.05, 4.69) is 0 Å². The van der Waals surface area contributed by atoms with Crippen LogP contribution in [0.15, 0.2) is 60.7 Å². The molecular weight excluding hydrogens is 264 g/mol. The Bertz CT molecular complexity index is 739. The molecule has 4 rings (SSSR count). The van der Waals surface area contributed by atoms with Crippen LogP contribution >= 0.6 is 0 Å². The van der Waals surface area contributed by atoms with E-state index in [1.165, 1.54) is 0 Å². The minimum Gasteiger partial charge on any atom is -0.345 e. The van der Waals surface area contributed by atoms with Crippen LogP contribution in [0.4, 0.5) is 0 Å². The molecule has 0 amide bonds. The summed E-state index contributed by atoms with van der Waals surface area (Å²) in [5.41, 5.74) is 0.657. The molecule has 3 heteroatoms. The van der Waals surface area contributed by atoms with Gasteiger partial charge in [-0.1, -0.05) is 66.7 Å². The number of fused-ring (bicyclic) bond motifs is 1. The highest BCUT2D eigenvalue weighted by molar-refractivity contribution is 6.34. The van der Waals surface area contributed by atoms with Crippen LogP contribution in [0.5, 0.6) is 0 Å². The standard InChI is InChI=1S/C18H12O3/c19-16-13-8-4-5-9-14(13)17(20)18(16)15(21-18)11-10-12-6-2-1-3-7-12/h1-11,15H. The smallest absolute Gasteiger partial charge is 0.224 e. The molecule has 1 aliphatic carbocycles. The molecular formula is C18H12O3. The molecule has 1 saturated heterocycles. The number of hydrogen-bond donors (Lipinski definition) is 0. The molecule has 1 aliphatic heterocycles. The summed E-state index contributed by atoms with van der Waals surface area (Å²) < 4.78 is 5.51. The van der Waals surface area contributed by atoms with Crippen LogP contribution in [-0.4, -0.2) is 23.3 Å². The van der Waals surface area contributed by atoms with Crippen LogP contribution < -0.4 is 0 Å². The third-order valence-corrected chi connectivity index (χ3v) is 4.01. The lowest BCUT2D eigenvalue weighted by Gasteiger charge is -1.96. The molecule has 2 aromatic carbocycles. The van der Waals surface area contributed by atoms with Gasteiger partial charge in [-0.2, -0.15) is 0 Å². The summed E-state index contributed by atoms with van der Waals surface area (Å²) in [7, 11) is 0. The van der Waals surface area contributed by atoms with Gasteiger partial charge in [0.15, 0.2) is 0 Å². The van der Waals surface area contributed by atoms with Crippen molar-refractivity contribution in [2.75, 3.05) is 0 Å². The average molecular weight is 276 g/mol. The number of ether oxygens (including phenoxy) is 1. The molecule has 1 fully saturated rings. The minimum absolute atomic E-state index is 0.217. The van der Waals surface area contributed by atoms with E-state index in [4.69, 9.17) is 4.74 Å². The molecule has 2 aromatic rings. The summed E-state index contributed by atoms with van der Waals surface area (Å²) >= 11 is 0. The summed E-state index contributed by atoms with van der Waals surface area (Å²) in [6.07, 6.45) is 3.20. The number of benzene rings is 2. The zero-order valence-electron chi connectivity index (χ0n) is 11.2. The number of epoxide rings is 1.